The number of nitroso groups, excluding NO2 is 1. The van der Waals surface area contributed by atoms with E-state index in [9.17, 15) is 14.5 Å². The van der Waals surface area contributed by atoms with Crippen molar-refractivity contribution in [3.8, 4) is 5.75 Å². The molecule has 0 radical (unpaired) electrons. The Kier molecular flexibility index (Phi) is 4.61. The van der Waals surface area contributed by atoms with Crippen molar-refractivity contribution in [1.82, 2.24) is 0 Å². The van der Waals surface area contributed by atoms with Crippen molar-refractivity contribution in [3.05, 3.63) is 29.2 Å². The van der Waals surface area contributed by atoms with Gasteiger partial charge in [-0.25, -0.2) is 4.79 Å². The number of ether oxygens (including phenoxy) is 3. The summed E-state index contributed by atoms with van der Waals surface area (Å²) >= 11 is 0. The van der Waals surface area contributed by atoms with E-state index in [1.165, 1.54) is 31.2 Å². The van der Waals surface area contributed by atoms with Gasteiger partial charge in [0.1, 0.15) is 11.4 Å². The first-order valence-corrected chi connectivity index (χ1v) is 4.53. The van der Waals surface area contributed by atoms with Crippen molar-refractivity contribution in [2.45, 2.75) is 6.92 Å². The van der Waals surface area contributed by atoms with Crippen LogP contribution in [0.1, 0.15) is 6.92 Å². The summed E-state index contributed by atoms with van der Waals surface area (Å²) in [5, 5.41) is 2.68. The Hall–Kier alpha value is -2.44. The molecule has 90 valence electrons. The Morgan fingerprint density at radius 2 is 1.82 bits per heavy atom. The van der Waals surface area contributed by atoms with Crippen molar-refractivity contribution in [2.75, 3.05) is 6.79 Å². The fourth-order valence-electron chi connectivity index (χ4n) is 0.861. The molecule has 0 saturated carbocycles. The van der Waals surface area contributed by atoms with Gasteiger partial charge in [0.25, 0.3) is 0 Å². The maximum Gasteiger partial charge on any atom is 0.516 e. The summed E-state index contributed by atoms with van der Waals surface area (Å²) in [5.74, 6) is -0.385. The summed E-state index contributed by atoms with van der Waals surface area (Å²) in [5.41, 5.74) is 0.214. The first kappa shape index (κ1) is 12.6. The van der Waals surface area contributed by atoms with E-state index >= 15 is 0 Å². The Balaban J connectivity index is 2.39. The third-order valence-electron chi connectivity index (χ3n) is 1.58. The van der Waals surface area contributed by atoms with E-state index in [0.29, 0.717) is 0 Å². The van der Waals surface area contributed by atoms with E-state index in [2.05, 4.69) is 14.7 Å². The van der Waals surface area contributed by atoms with E-state index in [0.717, 1.165) is 0 Å². The predicted molar refractivity (Wildman–Crippen MR) is 55.6 cm³/mol. The highest BCUT2D eigenvalue weighted by atomic mass is 16.8. The predicted octanol–water partition coefficient (Wildman–Crippen LogP) is 2.12. The third-order valence-corrected chi connectivity index (χ3v) is 1.58. The van der Waals surface area contributed by atoms with Gasteiger partial charge in [-0.1, -0.05) is 0 Å². The van der Waals surface area contributed by atoms with Crippen molar-refractivity contribution in [2.24, 2.45) is 5.18 Å². The summed E-state index contributed by atoms with van der Waals surface area (Å²) in [6, 6.07) is 5.51. The first-order chi connectivity index (χ1) is 8.11. The van der Waals surface area contributed by atoms with Crippen LogP contribution in [0, 0.1) is 4.91 Å². The number of carbonyl (C=O) groups excluding carboxylic acids is 2. The minimum Gasteiger partial charge on any atom is -0.428 e. The lowest BCUT2D eigenvalue weighted by Crippen LogP contribution is -2.14. The van der Waals surface area contributed by atoms with Gasteiger partial charge in [-0.05, 0) is 29.4 Å². The molecule has 1 rings (SSSR count). The van der Waals surface area contributed by atoms with Gasteiger partial charge < -0.3 is 14.2 Å². The number of nitrogens with zero attached hydrogens (tertiary/aromatic N) is 1. The maximum atomic E-state index is 11.0. The fraction of sp³-hybridized carbons (Fsp3) is 0.200. The molecule has 0 aromatic heterocycles. The Morgan fingerprint density at radius 1 is 1.18 bits per heavy atom. The van der Waals surface area contributed by atoms with Gasteiger partial charge in [0.15, 0.2) is 0 Å². The summed E-state index contributed by atoms with van der Waals surface area (Å²) in [6.07, 6.45) is -1.02. The molecule has 0 bridgehead atoms. The van der Waals surface area contributed by atoms with E-state index in [1.54, 1.807) is 0 Å². The van der Waals surface area contributed by atoms with Gasteiger partial charge in [-0.2, -0.15) is 0 Å². The highest BCUT2D eigenvalue weighted by Gasteiger charge is 2.06. The molecule has 17 heavy (non-hydrogen) atoms. The van der Waals surface area contributed by atoms with Crippen LogP contribution in [-0.2, 0) is 14.3 Å². The van der Waals surface area contributed by atoms with E-state index in [1.807, 2.05) is 0 Å². The molecule has 0 aliphatic carbocycles. The lowest BCUT2D eigenvalue weighted by Gasteiger charge is -2.05. The van der Waals surface area contributed by atoms with Crippen LogP contribution in [-0.4, -0.2) is 18.9 Å². The van der Waals surface area contributed by atoms with Crippen molar-refractivity contribution in [1.29, 1.82) is 0 Å². The molecular weight excluding hydrogens is 230 g/mol. The minimum atomic E-state index is -1.02. The smallest absolute Gasteiger partial charge is 0.428 e. The number of benzene rings is 1. The molecule has 7 heteroatoms. The fourth-order valence-corrected chi connectivity index (χ4v) is 0.861. The quantitative estimate of drug-likeness (QED) is 0.346. The largest absolute Gasteiger partial charge is 0.516 e. The second-order valence-electron chi connectivity index (χ2n) is 2.84. The third kappa shape index (κ3) is 4.74. The van der Waals surface area contributed by atoms with Crippen LogP contribution in [0.25, 0.3) is 0 Å². The molecule has 0 aliphatic rings. The monoisotopic (exact) mass is 239 g/mol. The van der Waals surface area contributed by atoms with Crippen LogP contribution < -0.4 is 4.74 Å². The molecular formula is C10H9NO6. The molecule has 0 aliphatic heterocycles. The van der Waals surface area contributed by atoms with Gasteiger partial charge in [0.2, 0.25) is 6.79 Å². The molecule has 1 aromatic rings. The van der Waals surface area contributed by atoms with Crippen LogP contribution >= 0.6 is 0 Å². The van der Waals surface area contributed by atoms with Crippen LogP contribution in [0.5, 0.6) is 5.75 Å². The summed E-state index contributed by atoms with van der Waals surface area (Å²) in [4.78, 5) is 31.5. The molecule has 0 spiro atoms. The second kappa shape index (κ2) is 6.21. The minimum absolute atomic E-state index is 0.185. The second-order valence-corrected chi connectivity index (χ2v) is 2.84. The zero-order valence-corrected chi connectivity index (χ0v) is 8.91. The van der Waals surface area contributed by atoms with E-state index in [-0.39, 0.29) is 11.4 Å². The van der Waals surface area contributed by atoms with Crippen molar-refractivity contribution < 1.29 is 23.8 Å². The average Bonchev–Trinajstić information content (AvgIpc) is 2.29. The van der Waals surface area contributed by atoms with Crippen molar-refractivity contribution >= 4 is 17.8 Å². The lowest BCUT2D eigenvalue weighted by molar-refractivity contribution is -0.149. The zero-order valence-electron chi connectivity index (χ0n) is 8.91. The van der Waals surface area contributed by atoms with Gasteiger partial charge >= 0.3 is 12.1 Å². The molecule has 1 aromatic carbocycles. The lowest BCUT2D eigenvalue weighted by atomic mass is 10.3. The van der Waals surface area contributed by atoms with E-state index in [4.69, 9.17) is 4.74 Å². The zero-order chi connectivity index (χ0) is 12.7. The number of hydrogen-bond donors (Lipinski definition) is 0. The Bertz CT molecular complexity index is 413. The van der Waals surface area contributed by atoms with Crippen LogP contribution in [0.3, 0.4) is 0 Å². The Morgan fingerprint density at radius 3 is 2.35 bits per heavy atom. The van der Waals surface area contributed by atoms with E-state index < -0.39 is 18.9 Å². The SMILES string of the molecule is CC(=O)OCOC(=O)Oc1ccc(N=O)cc1. The van der Waals surface area contributed by atoms with Crippen molar-refractivity contribution in [3.63, 3.8) is 0 Å². The summed E-state index contributed by atoms with van der Waals surface area (Å²) in [7, 11) is 0. The van der Waals surface area contributed by atoms with Gasteiger partial charge in [-0.3, -0.25) is 4.79 Å². The Labute approximate surface area is 96.2 Å². The highest BCUT2D eigenvalue weighted by Crippen LogP contribution is 2.17. The van der Waals surface area contributed by atoms with Gasteiger partial charge in [-0.15, -0.1) is 4.91 Å². The summed E-state index contributed by atoms with van der Waals surface area (Å²) < 4.78 is 13.5. The molecule has 0 heterocycles. The molecule has 0 N–H and O–H groups in total. The molecule has 0 amide bonds. The number of esters is 1. The first-order valence-electron chi connectivity index (χ1n) is 4.53. The average molecular weight is 239 g/mol. The molecule has 0 atom stereocenters. The molecule has 7 nitrogen and oxygen atoms in total. The normalized spacial score (nSPS) is 9.24. The molecule has 0 unspecified atom stereocenters. The standard InChI is InChI=1S/C10H9NO6/c1-7(12)15-6-16-10(13)17-9-4-2-8(11-14)3-5-9/h2-5H,6H2,1H3. The van der Waals surface area contributed by atoms with Gasteiger partial charge in [0.05, 0.1) is 0 Å². The molecule has 0 saturated heterocycles. The highest BCUT2D eigenvalue weighted by molar-refractivity contribution is 5.66. The number of carbonyl (C=O) groups is 2. The topological polar surface area (TPSA) is 91.3 Å². The van der Waals surface area contributed by atoms with Crippen LogP contribution in [0.2, 0.25) is 0 Å². The number of hydrogen-bond acceptors (Lipinski definition) is 7. The molecule has 0 fully saturated rings. The number of rotatable bonds is 4. The van der Waals surface area contributed by atoms with Gasteiger partial charge in [0, 0.05) is 6.92 Å². The van der Waals surface area contributed by atoms with Crippen LogP contribution in [0.4, 0.5) is 10.5 Å². The summed E-state index contributed by atoms with van der Waals surface area (Å²) in [6.45, 7) is 0.669. The maximum absolute atomic E-state index is 11.0. The van der Waals surface area contributed by atoms with Crippen LogP contribution in [0.15, 0.2) is 29.4 Å².